The van der Waals surface area contributed by atoms with Crippen LogP contribution < -0.4 is 10.1 Å². The maximum Gasteiger partial charge on any atom is 0.193 e. The first-order valence-electron chi connectivity index (χ1n) is 9.06. The number of nitrogens with zero attached hydrogens (tertiary/aromatic N) is 2. The first-order chi connectivity index (χ1) is 12.4. The molecule has 0 saturated carbocycles. The molecule has 1 aromatic rings. The number of aliphatic hydroxyl groups excluding tert-OH is 1. The fraction of sp³-hybridized carbons (Fsp3) is 0.632. The van der Waals surface area contributed by atoms with Gasteiger partial charge in [-0.3, -0.25) is 4.99 Å². The van der Waals surface area contributed by atoms with Gasteiger partial charge in [-0.15, -0.1) is 0 Å². The van der Waals surface area contributed by atoms with Crippen LogP contribution in [0.3, 0.4) is 0 Å². The summed E-state index contributed by atoms with van der Waals surface area (Å²) in [5.41, 5.74) is 0. The Balaban J connectivity index is 2.44. The molecule has 0 bridgehead atoms. The molecule has 0 aromatic heterocycles. The number of rotatable bonds is 11. The van der Waals surface area contributed by atoms with E-state index in [1.807, 2.05) is 18.9 Å². The van der Waals surface area contributed by atoms with E-state index in [0.29, 0.717) is 38.2 Å². The Hall–Kier alpha value is -1.86. The van der Waals surface area contributed by atoms with Crippen LogP contribution in [0.25, 0.3) is 0 Å². The third kappa shape index (κ3) is 9.01. The van der Waals surface area contributed by atoms with E-state index in [4.69, 9.17) is 9.47 Å². The molecule has 1 rings (SSSR count). The van der Waals surface area contributed by atoms with Crippen molar-refractivity contribution >= 4 is 5.96 Å². The monoisotopic (exact) mass is 369 g/mol. The van der Waals surface area contributed by atoms with Gasteiger partial charge in [0.25, 0.3) is 0 Å². The quantitative estimate of drug-likeness (QED) is 0.462. The van der Waals surface area contributed by atoms with Gasteiger partial charge in [0.2, 0.25) is 0 Å². The zero-order chi connectivity index (χ0) is 19.4. The van der Waals surface area contributed by atoms with Crippen molar-refractivity contribution < 1.29 is 19.0 Å². The minimum Gasteiger partial charge on any atom is -0.489 e. The van der Waals surface area contributed by atoms with Crippen LogP contribution in [0.15, 0.2) is 29.3 Å². The average Bonchev–Trinajstić information content (AvgIpc) is 2.59. The zero-order valence-electron chi connectivity index (χ0n) is 16.2. The van der Waals surface area contributed by atoms with Gasteiger partial charge in [-0.05, 0) is 25.0 Å². The molecule has 0 radical (unpaired) electrons. The van der Waals surface area contributed by atoms with E-state index in [1.54, 1.807) is 18.2 Å². The Morgan fingerprint density at radius 3 is 2.69 bits per heavy atom. The topological polar surface area (TPSA) is 66.3 Å². The number of aliphatic imine (C=N–C) groups is 1. The third-order valence-electron chi connectivity index (χ3n) is 3.43. The van der Waals surface area contributed by atoms with E-state index in [2.05, 4.69) is 24.2 Å². The van der Waals surface area contributed by atoms with Crippen LogP contribution in [0.1, 0.15) is 20.8 Å². The molecule has 7 heteroatoms. The van der Waals surface area contributed by atoms with Crippen molar-refractivity contribution in [3.63, 3.8) is 0 Å². The van der Waals surface area contributed by atoms with Crippen molar-refractivity contribution in [2.24, 2.45) is 10.9 Å². The molecule has 0 aliphatic carbocycles. The molecule has 0 spiro atoms. The second-order valence-corrected chi connectivity index (χ2v) is 6.48. The summed E-state index contributed by atoms with van der Waals surface area (Å²) in [6.07, 6.45) is -0.648. The van der Waals surface area contributed by atoms with Crippen LogP contribution in [-0.4, -0.2) is 68.6 Å². The van der Waals surface area contributed by atoms with Gasteiger partial charge in [-0.2, -0.15) is 0 Å². The highest BCUT2D eigenvalue weighted by Gasteiger charge is 2.09. The largest absolute Gasteiger partial charge is 0.489 e. The van der Waals surface area contributed by atoms with Gasteiger partial charge in [0.15, 0.2) is 17.5 Å². The molecule has 0 aliphatic rings. The second-order valence-electron chi connectivity index (χ2n) is 6.48. The summed E-state index contributed by atoms with van der Waals surface area (Å²) in [6.45, 7) is 8.78. The van der Waals surface area contributed by atoms with E-state index in [-0.39, 0.29) is 24.7 Å². The molecule has 0 amide bonds. The normalized spacial score (nSPS) is 13.0. The maximum atomic E-state index is 13.5. The number of benzene rings is 1. The molecule has 2 N–H and O–H groups in total. The molecule has 0 heterocycles. The van der Waals surface area contributed by atoms with E-state index >= 15 is 0 Å². The minimum absolute atomic E-state index is 0.237. The molecular weight excluding hydrogens is 337 g/mol. The molecular formula is C19H32FN3O3. The first kappa shape index (κ1) is 22.2. The lowest BCUT2D eigenvalue weighted by Gasteiger charge is -2.22. The van der Waals surface area contributed by atoms with Gasteiger partial charge < -0.3 is 24.8 Å². The molecule has 26 heavy (non-hydrogen) atoms. The fourth-order valence-electron chi connectivity index (χ4n) is 2.11. The molecule has 0 saturated heterocycles. The summed E-state index contributed by atoms with van der Waals surface area (Å²) in [6, 6.07) is 6.33. The molecule has 1 aromatic carbocycles. The minimum atomic E-state index is -0.648. The lowest BCUT2D eigenvalue weighted by atomic mass is 10.2. The number of para-hydroxylation sites is 1. The van der Waals surface area contributed by atoms with Gasteiger partial charge in [0, 0.05) is 20.2 Å². The summed E-state index contributed by atoms with van der Waals surface area (Å²) >= 11 is 0. The number of guanidine groups is 1. The third-order valence-corrected chi connectivity index (χ3v) is 3.43. The summed E-state index contributed by atoms with van der Waals surface area (Å²) in [4.78, 5) is 6.31. The number of likely N-dealkylation sites (N-methyl/N-ethyl adjacent to an activating group) is 1. The number of aliphatic hydroxyl groups is 1. The Morgan fingerprint density at radius 2 is 2.04 bits per heavy atom. The Labute approximate surface area is 156 Å². The van der Waals surface area contributed by atoms with Crippen LogP contribution in [-0.2, 0) is 4.74 Å². The first-order valence-corrected chi connectivity index (χ1v) is 9.06. The van der Waals surface area contributed by atoms with Gasteiger partial charge in [-0.1, -0.05) is 26.0 Å². The van der Waals surface area contributed by atoms with Crippen LogP contribution in [0, 0.1) is 11.7 Å². The molecule has 1 unspecified atom stereocenters. The van der Waals surface area contributed by atoms with Gasteiger partial charge >= 0.3 is 0 Å². The summed E-state index contributed by atoms with van der Waals surface area (Å²) in [5, 5.41) is 13.1. The SMILES string of the molecule is CCNC(=NCC(O)COCC(C)C)N(C)CCOc1ccccc1F. The number of halogens is 1. The number of nitrogens with one attached hydrogen (secondary N) is 1. The van der Waals surface area contributed by atoms with Crippen molar-refractivity contribution in [2.45, 2.75) is 26.9 Å². The number of ether oxygens (including phenoxy) is 2. The smallest absolute Gasteiger partial charge is 0.193 e. The highest BCUT2D eigenvalue weighted by atomic mass is 19.1. The second kappa shape index (κ2) is 12.5. The van der Waals surface area contributed by atoms with Crippen molar-refractivity contribution in [3.05, 3.63) is 30.1 Å². The molecule has 0 aliphatic heterocycles. The van der Waals surface area contributed by atoms with Crippen molar-refractivity contribution in [2.75, 3.05) is 46.5 Å². The average molecular weight is 369 g/mol. The van der Waals surface area contributed by atoms with Crippen molar-refractivity contribution in [1.82, 2.24) is 10.2 Å². The Bertz CT molecular complexity index is 541. The van der Waals surface area contributed by atoms with E-state index in [1.165, 1.54) is 6.07 Å². The lowest BCUT2D eigenvalue weighted by molar-refractivity contribution is 0.0300. The molecule has 0 fully saturated rings. The van der Waals surface area contributed by atoms with Gasteiger partial charge in [-0.25, -0.2) is 4.39 Å². The zero-order valence-corrected chi connectivity index (χ0v) is 16.2. The highest BCUT2D eigenvalue weighted by molar-refractivity contribution is 5.79. The number of hydrogen-bond donors (Lipinski definition) is 2. The Kier molecular flexibility index (Phi) is 10.7. The van der Waals surface area contributed by atoms with Crippen molar-refractivity contribution in [1.29, 1.82) is 0 Å². The highest BCUT2D eigenvalue weighted by Crippen LogP contribution is 2.14. The predicted octanol–water partition coefficient (Wildman–Crippen LogP) is 2.14. The molecule has 148 valence electrons. The summed E-state index contributed by atoms with van der Waals surface area (Å²) in [5.74, 6) is 0.956. The van der Waals surface area contributed by atoms with Crippen molar-refractivity contribution in [3.8, 4) is 5.75 Å². The molecule has 1 atom stereocenters. The van der Waals surface area contributed by atoms with E-state index in [9.17, 15) is 9.50 Å². The molecule has 6 nitrogen and oxygen atoms in total. The van der Waals surface area contributed by atoms with E-state index < -0.39 is 6.10 Å². The van der Waals surface area contributed by atoms with Gasteiger partial charge in [0.05, 0.1) is 25.8 Å². The standard InChI is InChI=1S/C19H32FN3O3/c1-5-21-19(22-12-16(24)14-25-13-15(2)3)23(4)10-11-26-18-9-7-6-8-17(18)20/h6-9,15-16,24H,5,10-14H2,1-4H3,(H,21,22). The predicted molar refractivity (Wildman–Crippen MR) is 102 cm³/mol. The van der Waals surface area contributed by atoms with E-state index in [0.717, 1.165) is 0 Å². The number of hydrogen-bond acceptors (Lipinski definition) is 4. The van der Waals surface area contributed by atoms with Gasteiger partial charge in [0.1, 0.15) is 6.61 Å². The van der Waals surface area contributed by atoms with Crippen LogP contribution in [0.5, 0.6) is 5.75 Å². The van der Waals surface area contributed by atoms with Crippen LogP contribution in [0.4, 0.5) is 4.39 Å². The lowest BCUT2D eigenvalue weighted by Crippen LogP contribution is -2.41. The summed E-state index contributed by atoms with van der Waals surface area (Å²) in [7, 11) is 1.87. The van der Waals surface area contributed by atoms with Crippen LogP contribution >= 0.6 is 0 Å². The Morgan fingerprint density at radius 1 is 1.31 bits per heavy atom. The summed E-state index contributed by atoms with van der Waals surface area (Å²) < 4.78 is 24.4. The van der Waals surface area contributed by atoms with Crippen LogP contribution in [0.2, 0.25) is 0 Å². The maximum absolute atomic E-state index is 13.5. The fourth-order valence-corrected chi connectivity index (χ4v) is 2.11.